The van der Waals surface area contributed by atoms with Gasteiger partial charge in [-0.2, -0.15) is 5.10 Å². The molecule has 5 heteroatoms. The van der Waals surface area contributed by atoms with Crippen LogP contribution in [0.3, 0.4) is 0 Å². The van der Waals surface area contributed by atoms with Crippen molar-refractivity contribution in [2.45, 2.75) is 0 Å². The van der Waals surface area contributed by atoms with E-state index >= 15 is 0 Å². The summed E-state index contributed by atoms with van der Waals surface area (Å²) in [5.41, 5.74) is 2.28. The van der Waals surface area contributed by atoms with Crippen molar-refractivity contribution in [2.75, 3.05) is 0 Å². The number of rotatable bonds is 2. The highest BCUT2D eigenvalue weighted by Gasteiger charge is 2.13. The predicted molar refractivity (Wildman–Crippen MR) is 87.0 cm³/mol. The Balaban J connectivity index is 1.70. The van der Waals surface area contributed by atoms with Crippen molar-refractivity contribution in [3.8, 4) is 10.7 Å². The molecule has 0 radical (unpaired) electrons. The molecule has 0 aliphatic heterocycles. The Labute approximate surface area is 130 Å². The quantitative estimate of drug-likeness (QED) is 0.565. The molecular formula is C17H11N3OS. The number of fused-ring (bicyclic) bond motifs is 1. The molecule has 106 valence electrons. The van der Waals surface area contributed by atoms with E-state index in [2.05, 4.69) is 10.1 Å². The lowest BCUT2D eigenvalue weighted by Gasteiger charge is -1.99. The highest BCUT2D eigenvalue weighted by molar-refractivity contribution is 7.21. The smallest absolute Gasteiger partial charge is 0.267 e. The Morgan fingerprint density at radius 1 is 0.955 bits per heavy atom. The van der Waals surface area contributed by atoms with Crippen molar-refractivity contribution in [1.82, 2.24) is 14.8 Å². The number of hydrogen-bond acceptors (Lipinski definition) is 4. The molecule has 4 aromatic rings. The van der Waals surface area contributed by atoms with Crippen molar-refractivity contribution in [2.24, 2.45) is 0 Å². The standard InChI is InChI=1S/C17H11N3OS/c21-17(12-6-2-1-3-7-12)20-11-10-14(19-20)16-18-13-8-4-5-9-15(13)22-16/h1-11H. The highest BCUT2D eigenvalue weighted by atomic mass is 32.1. The summed E-state index contributed by atoms with van der Waals surface area (Å²) in [4.78, 5) is 16.9. The van der Waals surface area contributed by atoms with E-state index in [1.54, 1.807) is 29.7 Å². The van der Waals surface area contributed by atoms with Gasteiger partial charge in [0.1, 0.15) is 10.7 Å². The van der Waals surface area contributed by atoms with Crippen LogP contribution in [0.25, 0.3) is 20.9 Å². The Morgan fingerprint density at radius 3 is 2.55 bits per heavy atom. The minimum Gasteiger partial charge on any atom is -0.267 e. The van der Waals surface area contributed by atoms with Gasteiger partial charge in [0.2, 0.25) is 0 Å². The molecule has 4 nitrogen and oxygen atoms in total. The summed E-state index contributed by atoms with van der Waals surface area (Å²) < 4.78 is 2.47. The summed E-state index contributed by atoms with van der Waals surface area (Å²) >= 11 is 1.57. The first-order valence-corrected chi connectivity index (χ1v) is 7.64. The number of para-hydroxylation sites is 1. The van der Waals surface area contributed by atoms with Gasteiger partial charge in [-0.15, -0.1) is 11.3 Å². The van der Waals surface area contributed by atoms with Crippen LogP contribution in [0.2, 0.25) is 0 Å². The molecule has 0 bridgehead atoms. The van der Waals surface area contributed by atoms with E-state index in [4.69, 9.17) is 0 Å². The molecule has 2 aromatic heterocycles. The van der Waals surface area contributed by atoms with Crippen LogP contribution in [0.15, 0.2) is 66.9 Å². The van der Waals surface area contributed by atoms with Crippen LogP contribution in [-0.2, 0) is 0 Å². The van der Waals surface area contributed by atoms with Crippen LogP contribution < -0.4 is 0 Å². The van der Waals surface area contributed by atoms with Crippen molar-refractivity contribution < 1.29 is 4.79 Å². The monoisotopic (exact) mass is 305 g/mol. The van der Waals surface area contributed by atoms with Gasteiger partial charge in [-0.1, -0.05) is 30.3 Å². The third-order valence-corrected chi connectivity index (χ3v) is 4.39. The van der Waals surface area contributed by atoms with Crippen LogP contribution in [-0.4, -0.2) is 20.7 Å². The van der Waals surface area contributed by atoms with Crippen LogP contribution >= 0.6 is 11.3 Å². The fraction of sp³-hybridized carbons (Fsp3) is 0. The largest absolute Gasteiger partial charge is 0.278 e. The predicted octanol–water partition coefficient (Wildman–Crippen LogP) is 3.85. The number of benzene rings is 2. The van der Waals surface area contributed by atoms with Gasteiger partial charge >= 0.3 is 0 Å². The third kappa shape index (κ3) is 2.21. The minimum absolute atomic E-state index is 0.145. The summed E-state index contributed by atoms with van der Waals surface area (Å²) in [6, 6.07) is 18.9. The molecule has 0 unspecified atom stereocenters. The van der Waals surface area contributed by atoms with E-state index in [0.29, 0.717) is 11.3 Å². The second-order valence-corrected chi connectivity index (χ2v) is 5.83. The van der Waals surface area contributed by atoms with E-state index in [1.807, 2.05) is 48.5 Å². The molecule has 22 heavy (non-hydrogen) atoms. The Hall–Kier alpha value is -2.79. The molecule has 0 amide bonds. The number of thiazole rings is 1. The van der Waals surface area contributed by atoms with E-state index in [0.717, 1.165) is 15.2 Å². The summed E-state index contributed by atoms with van der Waals surface area (Å²) in [5.74, 6) is -0.145. The second kappa shape index (κ2) is 5.20. The van der Waals surface area contributed by atoms with Gasteiger partial charge < -0.3 is 0 Å². The van der Waals surface area contributed by atoms with Crippen LogP contribution in [0, 0.1) is 0 Å². The van der Waals surface area contributed by atoms with Crippen LogP contribution in [0.5, 0.6) is 0 Å². The molecule has 0 saturated carbocycles. The number of carbonyl (C=O) groups is 1. The van der Waals surface area contributed by atoms with Gasteiger partial charge in [0, 0.05) is 11.8 Å². The van der Waals surface area contributed by atoms with E-state index in [-0.39, 0.29) is 5.91 Å². The molecule has 0 saturated heterocycles. The summed E-state index contributed by atoms with van der Waals surface area (Å²) in [6.45, 7) is 0. The number of carbonyl (C=O) groups excluding carboxylic acids is 1. The molecule has 0 fully saturated rings. The Bertz CT molecular complexity index is 923. The van der Waals surface area contributed by atoms with Crippen molar-refractivity contribution in [1.29, 1.82) is 0 Å². The normalized spacial score (nSPS) is 10.9. The first-order valence-electron chi connectivity index (χ1n) is 6.83. The van der Waals surface area contributed by atoms with Gasteiger partial charge in [0.15, 0.2) is 0 Å². The average molecular weight is 305 g/mol. The number of nitrogens with zero attached hydrogens (tertiary/aromatic N) is 3. The third-order valence-electron chi connectivity index (χ3n) is 3.33. The van der Waals surface area contributed by atoms with Gasteiger partial charge in [0.25, 0.3) is 5.91 Å². The molecular weight excluding hydrogens is 294 g/mol. The first kappa shape index (κ1) is 12.9. The molecule has 2 heterocycles. The lowest BCUT2D eigenvalue weighted by atomic mass is 10.2. The molecule has 0 aliphatic carbocycles. The zero-order valence-electron chi connectivity index (χ0n) is 11.5. The van der Waals surface area contributed by atoms with E-state index in [1.165, 1.54) is 4.68 Å². The summed E-state index contributed by atoms with van der Waals surface area (Å²) in [7, 11) is 0. The topological polar surface area (TPSA) is 47.8 Å². The highest BCUT2D eigenvalue weighted by Crippen LogP contribution is 2.28. The maximum Gasteiger partial charge on any atom is 0.278 e. The lowest BCUT2D eigenvalue weighted by molar-refractivity contribution is 0.0945. The number of aromatic nitrogens is 3. The van der Waals surface area contributed by atoms with Gasteiger partial charge in [-0.25, -0.2) is 9.67 Å². The maximum absolute atomic E-state index is 12.3. The van der Waals surface area contributed by atoms with Gasteiger partial charge in [-0.3, -0.25) is 4.79 Å². The average Bonchev–Trinajstić information content (AvgIpc) is 3.21. The van der Waals surface area contributed by atoms with Gasteiger partial charge in [-0.05, 0) is 30.3 Å². The fourth-order valence-electron chi connectivity index (χ4n) is 2.25. The van der Waals surface area contributed by atoms with Crippen LogP contribution in [0.1, 0.15) is 10.4 Å². The molecule has 0 atom stereocenters. The van der Waals surface area contributed by atoms with Crippen molar-refractivity contribution >= 4 is 27.5 Å². The minimum atomic E-state index is -0.145. The second-order valence-electron chi connectivity index (χ2n) is 4.80. The Kier molecular flexibility index (Phi) is 3.05. The molecule has 4 rings (SSSR count). The van der Waals surface area contributed by atoms with Crippen molar-refractivity contribution in [3.63, 3.8) is 0 Å². The van der Waals surface area contributed by atoms with Crippen LogP contribution in [0.4, 0.5) is 0 Å². The lowest BCUT2D eigenvalue weighted by Crippen LogP contribution is -2.12. The molecule has 0 spiro atoms. The summed E-state index contributed by atoms with van der Waals surface area (Å²) in [6.07, 6.45) is 1.68. The molecule has 0 N–H and O–H groups in total. The SMILES string of the molecule is O=C(c1ccccc1)n1ccc(-c2nc3ccccc3s2)n1. The zero-order valence-corrected chi connectivity index (χ0v) is 12.3. The van der Waals surface area contributed by atoms with E-state index in [9.17, 15) is 4.79 Å². The van der Waals surface area contributed by atoms with Crippen molar-refractivity contribution in [3.05, 3.63) is 72.4 Å². The number of hydrogen-bond donors (Lipinski definition) is 0. The molecule has 0 aliphatic rings. The zero-order chi connectivity index (χ0) is 14.9. The first-order chi connectivity index (χ1) is 10.8. The van der Waals surface area contributed by atoms with Gasteiger partial charge in [0.05, 0.1) is 10.2 Å². The van der Waals surface area contributed by atoms with E-state index < -0.39 is 0 Å². The summed E-state index contributed by atoms with van der Waals surface area (Å²) in [5, 5.41) is 5.19. The Morgan fingerprint density at radius 2 is 1.73 bits per heavy atom. The molecule has 2 aromatic carbocycles. The maximum atomic E-state index is 12.3. The fourth-order valence-corrected chi connectivity index (χ4v) is 3.18.